The summed E-state index contributed by atoms with van der Waals surface area (Å²) in [6.07, 6.45) is -0.631. The van der Waals surface area contributed by atoms with Gasteiger partial charge in [-0.25, -0.2) is 4.79 Å². The van der Waals surface area contributed by atoms with Crippen molar-refractivity contribution in [1.82, 2.24) is 0 Å². The Bertz CT molecular complexity index is 641. The van der Waals surface area contributed by atoms with Crippen molar-refractivity contribution in [1.29, 1.82) is 0 Å². The molecule has 0 unspecified atom stereocenters. The van der Waals surface area contributed by atoms with Crippen LogP contribution in [0.1, 0.15) is 17.3 Å². The van der Waals surface area contributed by atoms with E-state index in [2.05, 4.69) is 5.32 Å². The van der Waals surface area contributed by atoms with E-state index in [4.69, 9.17) is 16.3 Å². The van der Waals surface area contributed by atoms with Crippen molar-refractivity contribution in [2.24, 2.45) is 0 Å². The monoisotopic (exact) mass is 289 g/mol. The van der Waals surface area contributed by atoms with Crippen molar-refractivity contribution in [3.05, 3.63) is 59.1 Å². The molecule has 0 aliphatic heterocycles. The number of benzene rings is 2. The van der Waals surface area contributed by atoms with E-state index in [1.807, 2.05) is 6.07 Å². The summed E-state index contributed by atoms with van der Waals surface area (Å²) < 4.78 is 5.08. The molecule has 1 N–H and O–H groups in total. The van der Waals surface area contributed by atoms with E-state index in [-0.39, 0.29) is 5.78 Å². The summed E-state index contributed by atoms with van der Waals surface area (Å²) in [7, 11) is 0. The van der Waals surface area contributed by atoms with Crippen LogP contribution >= 0.6 is 11.6 Å². The van der Waals surface area contributed by atoms with Gasteiger partial charge in [-0.1, -0.05) is 29.8 Å². The van der Waals surface area contributed by atoms with E-state index in [9.17, 15) is 9.59 Å². The number of nitrogens with one attached hydrogen (secondary N) is 1. The summed E-state index contributed by atoms with van der Waals surface area (Å²) in [5.41, 5.74) is 0.796. The maximum Gasteiger partial charge on any atom is 0.417 e. The molecule has 0 heterocycles. The average molecular weight is 290 g/mol. The quantitative estimate of drug-likeness (QED) is 0.863. The fourth-order valence-corrected chi connectivity index (χ4v) is 1.86. The normalized spacial score (nSPS) is 9.90. The number of ketones is 1. The Kier molecular flexibility index (Phi) is 4.38. The molecule has 0 aliphatic rings. The second-order valence-corrected chi connectivity index (χ2v) is 4.49. The third kappa shape index (κ3) is 3.59. The van der Waals surface area contributed by atoms with E-state index < -0.39 is 6.09 Å². The van der Waals surface area contributed by atoms with E-state index in [0.717, 1.165) is 0 Å². The Morgan fingerprint density at radius 2 is 1.80 bits per heavy atom. The van der Waals surface area contributed by atoms with Crippen molar-refractivity contribution in [2.45, 2.75) is 6.92 Å². The standard InChI is InChI=1S/C15H12ClNO3/c1-10(18)13-9-11(7-8-14(13)16)17-15(19)20-12-5-3-2-4-6-12/h2-9H,1H3,(H,17,19). The maximum atomic E-state index is 11.7. The lowest BCUT2D eigenvalue weighted by Gasteiger charge is -2.08. The Morgan fingerprint density at radius 1 is 1.10 bits per heavy atom. The lowest BCUT2D eigenvalue weighted by atomic mass is 10.1. The SMILES string of the molecule is CC(=O)c1cc(NC(=O)Oc2ccccc2)ccc1Cl. The minimum absolute atomic E-state index is 0.171. The second-order valence-electron chi connectivity index (χ2n) is 4.08. The van der Waals surface area contributed by atoms with Gasteiger partial charge in [0.1, 0.15) is 5.75 Å². The lowest BCUT2D eigenvalue weighted by molar-refractivity contribution is 0.101. The maximum absolute atomic E-state index is 11.7. The van der Waals surface area contributed by atoms with Gasteiger partial charge in [0, 0.05) is 11.3 Å². The number of ether oxygens (including phenoxy) is 1. The summed E-state index contributed by atoms with van der Waals surface area (Å²) in [4.78, 5) is 23.1. The molecule has 0 atom stereocenters. The molecule has 0 fully saturated rings. The number of halogens is 1. The molecular weight excluding hydrogens is 278 g/mol. The number of carbonyl (C=O) groups excluding carboxylic acids is 2. The number of hydrogen-bond acceptors (Lipinski definition) is 3. The Hall–Kier alpha value is -2.33. The minimum atomic E-state index is -0.631. The Balaban J connectivity index is 2.08. The number of amides is 1. The third-order valence-electron chi connectivity index (χ3n) is 2.55. The molecule has 0 bridgehead atoms. The highest BCUT2D eigenvalue weighted by Gasteiger charge is 2.09. The van der Waals surface area contributed by atoms with Crippen LogP contribution in [0.5, 0.6) is 5.75 Å². The van der Waals surface area contributed by atoms with Gasteiger partial charge in [0.25, 0.3) is 0 Å². The fraction of sp³-hybridized carbons (Fsp3) is 0.0667. The smallest absolute Gasteiger partial charge is 0.410 e. The van der Waals surface area contributed by atoms with E-state index in [1.54, 1.807) is 36.4 Å². The van der Waals surface area contributed by atoms with Gasteiger partial charge < -0.3 is 4.74 Å². The molecule has 0 aromatic heterocycles. The highest BCUT2D eigenvalue weighted by atomic mass is 35.5. The zero-order chi connectivity index (χ0) is 14.5. The summed E-state index contributed by atoms with van der Waals surface area (Å²) in [5.74, 6) is 0.265. The molecule has 0 saturated heterocycles. The first-order valence-corrected chi connectivity index (χ1v) is 6.28. The van der Waals surface area contributed by atoms with Crippen LogP contribution in [0, 0.1) is 0 Å². The molecule has 20 heavy (non-hydrogen) atoms. The first-order valence-electron chi connectivity index (χ1n) is 5.90. The minimum Gasteiger partial charge on any atom is -0.410 e. The molecule has 2 rings (SSSR count). The molecular formula is C15H12ClNO3. The highest BCUT2D eigenvalue weighted by Crippen LogP contribution is 2.21. The van der Waals surface area contributed by atoms with Crippen molar-refractivity contribution in [3.63, 3.8) is 0 Å². The van der Waals surface area contributed by atoms with E-state index in [1.165, 1.54) is 13.0 Å². The average Bonchev–Trinajstić information content (AvgIpc) is 2.41. The summed E-state index contributed by atoms with van der Waals surface area (Å²) in [6.45, 7) is 1.41. The number of rotatable bonds is 3. The Morgan fingerprint density at radius 3 is 2.45 bits per heavy atom. The predicted octanol–water partition coefficient (Wildman–Crippen LogP) is 4.15. The fourth-order valence-electron chi connectivity index (χ4n) is 1.61. The van der Waals surface area contributed by atoms with Crippen LogP contribution < -0.4 is 10.1 Å². The van der Waals surface area contributed by atoms with Gasteiger partial charge in [0.15, 0.2) is 5.78 Å². The van der Waals surface area contributed by atoms with Gasteiger partial charge in [-0.2, -0.15) is 0 Å². The van der Waals surface area contributed by atoms with Crippen molar-refractivity contribution < 1.29 is 14.3 Å². The zero-order valence-corrected chi connectivity index (χ0v) is 11.5. The molecule has 1 amide bonds. The zero-order valence-electron chi connectivity index (χ0n) is 10.7. The van der Waals surface area contributed by atoms with E-state index >= 15 is 0 Å². The van der Waals surface area contributed by atoms with Gasteiger partial charge in [0.05, 0.1) is 5.02 Å². The van der Waals surface area contributed by atoms with Crippen LogP contribution in [0.25, 0.3) is 0 Å². The molecule has 2 aromatic rings. The van der Waals surface area contributed by atoms with Crippen LogP contribution in [-0.2, 0) is 0 Å². The first-order chi connectivity index (χ1) is 9.56. The van der Waals surface area contributed by atoms with Crippen LogP contribution in [0.3, 0.4) is 0 Å². The summed E-state index contributed by atoms with van der Waals surface area (Å²) in [6, 6.07) is 13.3. The van der Waals surface area contributed by atoms with Crippen LogP contribution in [0.2, 0.25) is 5.02 Å². The lowest BCUT2D eigenvalue weighted by Crippen LogP contribution is -2.16. The molecule has 102 valence electrons. The van der Waals surface area contributed by atoms with Crippen LogP contribution in [-0.4, -0.2) is 11.9 Å². The predicted molar refractivity (Wildman–Crippen MR) is 77.5 cm³/mol. The topological polar surface area (TPSA) is 55.4 Å². The Labute approximate surface area is 121 Å². The summed E-state index contributed by atoms with van der Waals surface area (Å²) in [5, 5.41) is 2.89. The highest BCUT2D eigenvalue weighted by molar-refractivity contribution is 6.34. The molecule has 2 aromatic carbocycles. The number of anilines is 1. The molecule has 0 saturated carbocycles. The third-order valence-corrected chi connectivity index (χ3v) is 2.88. The largest absolute Gasteiger partial charge is 0.417 e. The summed E-state index contributed by atoms with van der Waals surface area (Å²) >= 11 is 5.89. The number of Topliss-reactive ketones (excluding diaryl/α,β-unsaturated/α-hetero) is 1. The number of carbonyl (C=O) groups is 2. The van der Waals surface area contributed by atoms with Crippen LogP contribution in [0.15, 0.2) is 48.5 Å². The molecule has 0 spiro atoms. The number of para-hydroxylation sites is 1. The molecule has 4 nitrogen and oxygen atoms in total. The molecule has 0 radical (unpaired) electrons. The van der Waals surface area contributed by atoms with Crippen LogP contribution in [0.4, 0.5) is 10.5 Å². The van der Waals surface area contributed by atoms with Crippen molar-refractivity contribution in [2.75, 3.05) is 5.32 Å². The number of hydrogen-bond donors (Lipinski definition) is 1. The van der Waals surface area contributed by atoms with Gasteiger partial charge >= 0.3 is 6.09 Å². The van der Waals surface area contributed by atoms with Gasteiger partial charge in [-0.3, -0.25) is 10.1 Å². The van der Waals surface area contributed by atoms with Gasteiger partial charge in [-0.05, 0) is 37.3 Å². The van der Waals surface area contributed by atoms with Gasteiger partial charge in [0.2, 0.25) is 0 Å². The molecule has 0 aliphatic carbocycles. The first kappa shape index (κ1) is 14.1. The van der Waals surface area contributed by atoms with Crippen molar-refractivity contribution in [3.8, 4) is 5.75 Å². The molecule has 5 heteroatoms. The van der Waals surface area contributed by atoms with E-state index in [0.29, 0.717) is 22.0 Å². The van der Waals surface area contributed by atoms with Gasteiger partial charge in [-0.15, -0.1) is 0 Å². The van der Waals surface area contributed by atoms with Crippen molar-refractivity contribution >= 4 is 29.2 Å². The second kappa shape index (κ2) is 6.21.